The van der Waals surface area contributed by atoms with E-state index in [1.807, 2.05) is 89.2 Å². The summed E-state index contributed by atoms with van der Waals surface area (Å²) in [6.07, 6.45) is 3.74. The molecule has 90 heavy (non-hydrogen) atoms. The summed E-state index contributed by atoms with van der Waals surface area (Å²) >= 11 is 2.50. The van der Waals surface area contributed by atoms with Crippen LogP contribution in [0.1, 0.15) is 157 Å². The zero-order chi connectivity index (χ0) is 65.5. The van der Waals surface area contributed by atoms with Gasteiger partial charge in [-0.05, 0) is 90.6 Å². The summed E-state index contributed by atoms with van der Waals surface area (Å²) < 4.78 is 47.4. The van der Waals surface area contributed by atoms with Gasteiger partial charge in [0, 0.05) is 68.2 Å². The zero-order valence-electron chi connectivity index (χ0n) is 52.3. The predicted octanol–water partition coefficient (Wildman–Crippen LogP) is 8.92. The molecule has 3 saturated heterocycles. The number of nitrogens with one attached hydrogen (secondary N) is 4. The standard InChI is InChI=1S/C65H85F2N8O12PS2/c1-39(41-22-24-43(25-23-41)55-40(2)69-38-89-55)70-58(79)49-32-47(76)35-74(49)61(82)56(63(3,4)5)71-53(77)21-15-10-9-11-16-28-68-54(78)37-87-48-33-50(60(81)73-29-17-20-44(34-73)42-18-13-12-14-19-42)75(36-48)62(83)57(64(6,7)8)72-59(80)52-31-45-30-46(26-27-51(45)90-52)65(66,67)88(84,85)86/h12-14,18-19,22-27,30-31,38-39,44,47-50,56-57,76H,9-11,15-17,20-21,28-29,32-37H2,1-8H3,(H,68,78)(H,70,79)(H,71,77)(H,72,80)(H2,84,85,86)/t39-,44-,47+,48-,49-,50-,56+,57+/m0/s1. The summed E-state index contributed by atoms with van der Waals surface area (Å²) in [5.41, 5.74) is -1.27. The van der Waals surface area contributed by atoms with Gasteiger partial charge in [-0.2, -0.15) is 8.78 Å². The van der Waals surface area contributed by atoms with Crippen LogP contribution in [0.15, 0.2) is 84.4 Å². The Morgan fingerprint density at radius 2 is 1.43 bits per heavy atom. The van der Waals surface area contributed by atoms with Crippen LogP contribution >= 0.6 is 30.3 Å². The van der Waals surface area contributed by atoms with Gasteiger partial charge >= 0.3 is 13.3 Å². The van der Waals surface area contributed by atoms with Crippen LogP contribution in [0.4, 0.5) is 8.78 Å². The number of fused-ring (bicyclic) bond motifs is 1. The van der Waals surface area contributed by atoms with E-state index in [4.69, 9.17) is 4.74 Å². The van der Waals surface area contributed by atoms with Crippen LogP contribution in [-0.4, -0.2) is 152 Å². The van der Waals surface area contributed by atoms with Gasteiger partial charge in [-0.15, -0.1) is 22.7 Å². The Hall–Kier alpha value is -6.53. The van der Waals surface area contributed by atoms with Crippen molar-refractivity contribution in [2.24, 2.45) is 10.8 Å². The van der Waals surface area contributed by atoms with Crippen molar-refractivity contribution in [3.63, 3.8) is 0 Å². The van der Waals surface area contributed by atoms with Gasteiger partial charge < -0.3 is 55.6 Å². The van der Waals surface area contributed by atoms with Gasteiger partial charge in [0.25, 0.3) is 5.91 Å². The normalized spacial score (nSPS) is 20.1. The van der Waals surface area contributed by atoms with E-state index in [1.54, 1.807) is 42.5 Å². The average Bonchev–Trinajstić information content (AvgIpc) is 1.90. The molecule has 5 heterocycles. The minimum Gasteiger partial charge on any atom is -0.391 e. The lowest BCUT2D eigenvalue weighted by molar-refractivity contribution is -0.147. The number of halogens is 2. The molecule has 3 fully saturated rings. The van der Waals surface area contributed by atoms with E-state index in [1.165, 1.54) is 21.9 Å². The molecule has 3 aliphatic heterocycles. The second kappa shape index (κ2) is 29.4. The lowest BCUT2D eigenvalue weighted by Crippen LogP contribution is -2.58. The number of thiazole rings is 1. The molecule has 8 rings (SSSR count). The first-order valence-corrected chi connectivity index (χ1v) is 34.1. The third kappa shape index (κ3) is 17.1. The Labute approximate surface area is 532 Å². The molecule has 20 nitrogen and oxygen atoms in total. The summed E-state index contributed by atoms with van der Waals surface area (Å²) in [6, 6.07) is 17.7. The maximum atomic E-state index is 14.9. The number of carbonyl (C=O) groups is 7. The van der Waals surface area contributed by atoms with Gasteiger partial charge in [0.1, 0.15) is 30.8 Å². The summed E-state index contributed by atoms with van der Waals surface area (Å²) in [5, 5.41) is 22.5. The number of alkyl halides is 2. The molecular weight excluding hydrogens is 1220 g/mol. The number of β-amino-alcohol motifs (C(OH)–C–C–N with tert-alkyl or cyclic N) is 1. The molecule has 0 radical (unpaired) electrons. The highest BCUT2D eigenvalue weighted by atomic mass is 32.1. The summed E-state index contributed by atoms with van der Waals surface area (Å²) in [7, 11) is -5.86. The predicted molar refractivity (Wildman–Crippen MR) is 340 cm³/mol. The number of piperidine rings is 1. The molecule has 7 amide bonds. The van der Waals surface area contributed by atoms with Crippen LogP contribution in [0.3, 0.4) is 0 Å². The first kappa shape index (κ1) is 69.4. The third-order valence-electron chi connectivity index (χ3n) is 17.1. The first-order chi connectivity index (χ1) is 42.4. The molecule has 3 aliphatic rings. The maximum absolute atomic E-state index is 14.9. The molecular formula is C65H85F2N8O12PS2. The molecule has 8 atom stereocenters. The highest BCUT2D eigenvalue weighted by molar-refractivity contribution is 7.52. The van der Waals surface area contributed by atoms with Gasteiger partial charge in [-0.1, -0.05) is 121 Å². The number of hydrogen-bond donors (Lipinski definition) is 7. The van der Waals surface area contributed by atoms with Crippen molar-refractivity contribution in [2.45, 2.75) is 174 Å². The number of aryl methyl sites for hydroxylation is 1. The SMILES string of the molecule is Cc1ncsc1-c1ccc([C@H](C)NC(=O)[C@@H]2C[C@@H](O)CN2C(=O)[C@@H](NC(=O)CCCCCCCNC(=O)CO[C@H]2C[C@@H](C(=O)N3CCC[C@H](c4ccccc4)C3)N(C(=O)[C@@H](NC(=O)c3cc4cc(C(F)(F)P(=O)(O)O)ccc4s3)C(C)(C)C)C2)C(C)(C)C)cc1. The van der Waals surface area contributed by atoms with Gasteiger partial charge in [-0.3, -0.25) is 38.1 Å². The van der Waals surface area contributed by atoms with E-state index in [9.17, 15) is 61.8 Å². The van der Waals surface area contributed by atoms with Gasteiger partial charge in [0.2, 0.25) is 35.4 Å². The van der Waals surface area contributed by atoms with E-state index < -0.39 is 89.7 Å². The fraction of sp³-hybridized carbons (Fsp3) is 0.538. The molecule has 2 aromatic heterocycles. The van der Waals surface area contributed by atoms with Crippen molar-refractivity contribution in [1.82, 2.24) is 41.0 Å². The van der Waals surface area contributed by atoms with E-state index in [0.29, 0.717) is 43.6 Å². The lowest BCUT2D eigenvalue weighted by atomic mass is 9.85. The van der Waals surface area contributed by atoms with Crippen molar-refractivity contribution in [3.05, 3.63) is 112 Å². The summed E-state index contributed by atoms with van der Waals surface area (Å²) in [5.74, 6) is -2.98. The zero-order valence-corrected chi connectivity index (χ0v) is 54.9. The molecule has 25 heteroatoms. The Bertz CT molecular complexity index is 3420. The Balaban J connectivity index is 0.803. The summed E-state index contributed by atoms with van der Waals surface area (Å²) in [6.45, 7) is 15.4. The number of unbranched alkanes of at least 4 members (excludes halogenated alkanes) is 4. The first-order valence-electron chi connectivity index (χ1n) is 30.8. The number of aliphatic hydroxyl groups is 1. The minimum atomic E-state index is -5.86. The topological polar surface area (TPSA) is 277 Å². The van der Waals surface area contributed by atoms with Gasteiger partial charge in [-0.25, -0.2) is 4.98 Å². The maximum Gasteiger partial charge on any atom is 0.399 e. The molecule has 488 valence electrons. The number of benzene rings is 3. The Morgan fingerprint density at radius 1 is 0.778 bits per heavy atom. The van der Waals surface area contributed by atoms with E-state index >= 15 is 0 Å². The van der Waals surface area contributed by atoms with Crippen molar-refractivity contribution in [1.29, 1.82) is 0 Å². The molecule has 0 unspecified atom stereocenters. The van der Waals surface area contributed by atoms with Crippen LogP contribution in [0.25, 0.3) is 20.5 Å². The molecule has 0 bridgehead atoms. The van der Waals surface area contributed by atoms with E-state index in [0.717, 1.165) is 76.4 Å². The smallest absolute Gasteiger partial charge is 0.391 e. The number of likely N-dealkylation sites (tertiary alicyclic amines) is 3. The molecule has 3 aromatic carbocycles. The van der Waals surface area contributed by atoms with Crippen LogP contribution in [0.5, 0.6) is 0 Å². The Kier molecular flexibility index (Phi) is 22.7. The minimum absolute atomic E-state index is 0.0399. The van der Waals surface area contributed by atoms with Crippen LogP contribution in [0, 0.1) is 17.8 Å². The summed E-state index contributed by atoms with van der Waals surface area (Å²) in [4.78, 5) is 127. The van der Waals surface area contributed by atoms with Crippen molar-refractivity contribution in [2.75, 3.05) is 39.3 Å². The fourth-order valence-corrected chi connectivity index (χ4v) is 14.2. The number of carbonyl (C=O) groups excluding carboxylic acids is 7. The lowest BCUT2D eigenvalue weighted by Gasteiger charge is -2.38. The van der Waals surface area contributed by atoms with Crippen molar-refractivity contribution >= 4 is 81.7 Å². The van der Waals surface area contributed by atoms with Gasteiger partial charge in [0.05, 0.1) is 39.2 Å². The molecule has 7 N–H and O–H groups in total. The second-order valence-electron chi connectivity index (χ2n) is 26.2. The number of amides is 7. The molecule has 0 aliphatic carbocycles. The second-order valence-corrected chi connectivity index (χ2v) is 29.8. The number of hydrogen-bond acceptors (Lipinski definition) is 13. The van der Waals surface area contributed by atoms with Crippen molar-refractivity contribution < 1.29 is 66.5 Å². The quantitative estimate of drug-likeness (QED) is 0.0225. The van der Waals surface area contributed by atoms with Crippen molar-refractivity contribution in [3.8, 4) is 10.4 Å². The number of aliphatic hydroxyl groups excluding tert-OH is 1. The molecule has 0 spiro atoms. The Morgan fingerprint density at radius 3 is 2.09 bits per heavy atom. The molecule has 0 saturated carbocycles. The highest BCUT2D eigenvalue weighted by Crippen LogP contribution is 2.59. The largest absolute Gasteiger partial charge is 0.399 e. The number of nitrogens with zero attached hydrogens (tertiary/aromatic N) is 4. The van der Waals surface area contributed by atoms with E-state index in [-0.39, 0.29) is 78.9 Å². The highest BCUT2D eigenvalue weighted by Gasteiger charge is 2.51. The third-order valence-corrected chi connectivity index (χ3v) is 20.2. The number of aromatic nitrogens is 1. The average molecular weight is 1300 g/mol. The van der Waals surface area contributed by atoms with Gasteiger partial charge in [0.15, 0.2) is 0 Å². The number of thiophene rings is 1. The monoisotopic (exact) mass is 1300 g/mol. The molecule has 5 aromatic rings. The van der Waals surface area contributed by atoms with Crippen LogP contribution in [-0.2, 0) is 43.7 Å². The fourth-order valence-electron chi connectivity index (χ4n) is 12.0. The number of ether oxygens (including phenoxy) is 1. The number of rotatable bonds is 24. The van der Waals surface area contributed by atoms with Crippen LogP contribution in [0.2, 0.25) is 0 Å². The van der Waals surface area contributed by atoms with E-state index in [2.05, 4.69) is 26.3 Å². The van der Waals surface area contributed by atoms with Crippen LogP contribution < -0.4 is 21.3 Å².